The van der Waals surface area contributed by atoms with Crippen molar-refractivity contribution in [3.05, 3.63) is 45.9 Å². The lowest BCUT2D eigenvalue weighted by molar-refractivity contribution is 0.0788. The van der Waals surface area contributed by atoms with Gasteiger partial charge in [0.1, 0.15) is 0 Å². The van der Waals surface area contributed by atoms with Crippen molar-refractivity contribution in [2.24, 2.45) is 0 Å². The molecule has 2 aromatic rings. The van der Waals surface area contributed by atoms with Gasteiger partial charge < -0.3 is 14.5 Å². The van der Waals surface area contributed by atoms with Gasteiger partial charge in [-0.05, 0) is 30.7 Å². The number of aromatic nitrogens is 1. The summed E-state index contributed by atoms with van der Waals surface area (Å²) >= 11 is 1.64. The predicted octanol–water partition coefficient (Wildman–Crippen LogP) is 3.16. The number of ether oxygens (including phenoxy) is 1. The largest absolute Gasteiger partial charge is 0.378 e. The number of anilines is 1. The van der Waals surface area contributed by atoms with Gasteiger partial charge in [-0.25, -0.2) is 4.98 Å². The highest BCUT2D eigenvalue weighted by Gasteiger charge is 2.19. The van der Waals surface area contributed by atoms with E-state index in [-0.39, 0.29) is 11.8 Å². The van der Waals surface area contributed by atoms with Crippen LogP contribution in [0.4, 0.5) is 5.69 Å². The van der Waals surface area contributed by atoms with Gasteiger partial charge in [-0.1, -0.05) is 6.92 Å². The number of rotatable bonds is 5. The molecule has 0 radical (unpaired) electrons. The minimum absolute atomic E-state index is 0.0556. The lowest BCUT2D eigenvalue weighted by atomic mass is 10.1. The van der Waals surface area contributed by atoms with Gasteiger partial charge in [-0.15, -0.1) is 11.3 Å². The van der Waals surface area contributed by atoms with Gasteiger partial charge in [-0.2, -0.15) is 0 Å². The van der Waals surface area contributed by atoms with Crippen LogP contribution >= 0.6 is 11.3 Å². The molecule has 0 saturated carbocycles. The quantitative estimate of drug-likeness (QED) is 0.823. The number of hydrogen-bond donors (Lipinski definition) is 0. The summed E-state index contributed by atoms with van der Waals surface area (Å²) in [6.45, 7) is 8.17. The highest BCUT2D eigenvalue weighted by molar-refractivity contribution is 7.09. The Labute approximate surface area is 153 Å². The number of thiazole rings is 1. The lowest BCUT2D eigenvalue weighted by Gasteiger charge is -2.30. The predicted molar refractivity (Wildman–Crippen MR) is 102 cm³/mol. The van der Waals surface area contributed by atoms with Gasteiger partial charge in [0.25, 0.3) is 5.91 Å². The first-order valence-corrected chi connectivity index (χ1v) is 9.52. The van der Waals surface area contributed by atoms with E-state index in [1.54, 1.807) is 16.2 Å². The fourth-order valence-electron chi connectivity index (χ4n) is 3.22. The molecule has 1 aliphatic rings. The van der Waals surface area contributed by atoms with Crippen LogP contribution in [0.5, 0.6) is 0 Å². The summed E-state index contributed by atoms with van der Waals surface area (Å²) in [5, 5.41) is 3.04. The van der Waals surface area contributed by atoms with E-state index in [0.717, 1.165) is 42.4 Å². The molecule has 1 fully saturated rings. The van der Waals surface area contributed by atoms with Crippen molar-refractivity contribution in [2.75, 3.05) is 44.8 Å². The Bertz CT molecular complexity index is 711. The van der Waals surface area contributed by atoms with Crippen molar-refractivity contribution >= 4 is 22.9 Å². The molecule has 0 bridgehead atoms. The maximum Gasteiger partial charge on any atom is 0.253 e. The number of carbonyl (C=O) groups excluding carboxylic acids is 1. The van der Waals surface area contributed by atoms with Crippen LogP contribution in [0.2, 0.25) is 0 Å². The molecule has 2 heterocycles. The zero-order chi connectivity index (χ0) is 17.8. The third kappa shape index (κ3) is 4.19. The second-order valence-electron chi connectivity index (χ2n) is 6.56. The van der Waals surface area contributed by atoms with E-state index in [0.29, 0.717) is 6.54 Å². The van der Waals surface area contributed by atoms with Gasteiger partial charge >= 0.3 is 0 Å². The molecule has 1 amide bonds. The molecule has 1 atom stereocenters. The number of aryl methyl sites for hydroxylation is 1. The first kappa shape index (κ1) is 17.9. The first-order valence-electron chi connectivity index (χ1n) is 8.64. The van der Waals surface area contributed by atoms with Crippen LogP contribution in [0.25, 0.3) is 0 Å². The Morgan fingerprint density at radius 1 is 1.40 bits per heavy atom. The minimum Gasteiger partial charge on any atom is -0.378 e. The molecule has 5 nitrogen and oxygen atoms in total. The lowest BCUT2D eigenvalue weighted by Crippen LogP contribution is -2.36. The molecule has 1 aromatic carbocycles. The van der Waals surface area contributed by atoms with Crippen molar-refractivity contribution in [1.82, 2.24) is 9.88 Å². The van der Waals surface area contributed by atoms with Crippen LogP contribution in [0.3, 0.4) is 0 Å². The average molecular weight is 359 g/mol. The normalized spacial score (nSPS) is 15.9. The molecule has 1 unspecified atom stereocenters. The smallest absolute Gasteiger partial charge is 0.253 e. The number of likely N-dealkylation sites (N-methyl/N-ethyl adjacent to an activating group) is 1. The first-order chi connectivity index (χ1) is 12.1. The van der Waals surface area contributed by atoms with Gasteiger partial charge in [0, 0.05) is 55.4 Å². The molecule has 0 spiro atoms. The van der Waals surface area contributed by atoms with Gasteiger partial charge in [0.15, 0.2) is 0 Å². The van der Waals surface area contributed by atoms with Gasteiger partial charge in [-0.3, -0.25) is 4.79 Å². The van der Waals surface area contributed by atoms with E-state index in [1.807, 2.05) is 30.8 Å². The molecule has 134 valence electrons. The fraction of sp³-hybridized carbons (Fsp3) is 0.474. The second kappa shape index (κ2) is 7.97. The fourth-order valence-corrected chi connectivity index (χ4v) is 3.91. The summed E-state index contributed by atoms with van der Waals surface area (Å²) in [6, 6.07) is 5.99. The van der Waals surface area contributed by atoms with Crippen molar-refractivity contribution in [3.63, 3.8) is 0 Å². The third-order valence-corrected chi connectivity index (χ3v) is 5.57. The zero-order valence-electron chi connectivity index (χ0n) is 15.1. The van der Waals surface area contributed by atoms with Crippen molar-refractivity contribution < 1.29 is 9.53 Å². The molecule has 25 heavy (non-hydrogen) atoms. The molecule has 6 heteroatoms. The van der Waals surface area contributed by atoms with E-state index in [9.17, 15) is 4.79 Å². The van der Waals surface area contributed by atoms with Crippen LogP contribution in [0.15, 0.2) is 29.8 Å². The Morgan fingerprint density at radius 2 is 2.16 bits per heavy atom. The van der Waals surface area contributed by atoms with Crippen molar-refractivity contribution in [2.45, 2.75) is 19.8 Å². The SMILES string of the molecule is Cc1cc(C(=O)N(C)CC(C)c2nccs2)ccc1N1CCOCC1. The second-order valence-corrected chi connectivity index (χ2v) is 7.48. The number of hydrogen-bond acceptors (Lipinski definition) is 5. The molecule has 1 saturated heterocycles. The Balaban J connectivity index is 1.68. The van der Waals surface area contributed by atoms with Crippen LogP contribution in [-0.4, -0.2) is 55.7 Å². The molecule has 0 N–H and O–H groups in total. The number of nitrogens with zero attached hydrogens (tertiary/aromatic N) is 3. The number of carbonyl (C=O) groups is 1. The maximum absolute atomic E-state index is 12.8. The van der Waals surface area contributed by atoms with E-state index in [2.05, 4.69) is 29.8 Å². The van der Waals surface area contributed by atoms with Crippen LogP contribution < -0.4 is 4.90 Å². The Hall–Kier alpha value is -1.92. The Kier molecular flexibility index (Phi) is 5.71. The van der Waals surface area contributed by atoms with Crippen molar-refractivity contribution in [1.29, 1.82) is 0 Å². The zero-order valence-corrected chi connectivity index (χ0v) is 15.9. The number of amides is 1. The summed E-state index contributed by atoms with van der Waals surface area (Å²) in [6.07, 6.45) is 1.81. The Morgan fingerprint density at radius 3 is 2.80 bits per heavy atom. The topological polar surface area (TPSA) is 45.7 Å². The van der Waals surface area contributed by atoms with Gasteiger partial charge in [0.05, 0.1) is 18.2 Å². The summed E-state index contributed by atoms with van der Waals surface area (Å²) in [5.74, 6) is 0.294. The van der Waals surface area contributed by atoms with E-state index in [4.69, 9.17) is 4.74 Å². The molecule has 0 aliphatic carbocycles. The number of benzene rings is 1. The maximum atomic E-state index is 12.8. The molecular weight excluding hydrogens is 334 g/mol. The standard InChI is InChI=1S/C19H25N3O2S/c1-14-12-16(4-5-17(14)22-7-9-24-10-8-22)19(23)21(3)13-15(2)18-20-6-11-25-18/h4-6,11-12,15H,7-10,13H2,1-3H3. The molecule has 3 rings (SSSR count). The summed E-state index contributed by atoms with van der Waals surface area (Å²) < 4.78 is 5.42. The van der Waals surface area contributed by atoms with Gasteiger partial charge in [0.2, 0.25) is 0 Å². The third-order valence-electron chi connectivity index (χ3n) is 4.56. The summed E-state index contributed by atoms with van der Waals surface area (Å²) in [7, 11) is 1.86. The molecule has 1 aliphatic heterocycles. The molecular formula is C19H25N3O2S. The summed E-state index contributed by atoms with van der Waals surface area (Å²) in [5.41, 5.74) is 3.07. The molecule has 1 aromatic heterocycles. The average Bonchev–Trinajstić information content (AvgIpc) is 3.16. The monoisotopic (exact) mass is 359 g/mol. The highest BCUT2D eigenvalue weighted by atomic mass is 32.1. The van der Waals surface area contributed by atoms with Crippen LogP contribution in [0.1, 0.15) is 33.8 Å². The minimum atomic E-state index is 0.0556. The summed E-state index contributed by atoms with van der Waals surface area (Å²) in [4.78, 5) is 21.2. The van der Waals surface area contributed by atoms with E-state index < -0.39 is 0 Å². The van der Waals surface area contributed by atoms with Crippen LogP contribution in [0, 0.1) is 6.92 Å². The van der Waals surface area contributed by atoms with E-state index in [1.165, 1.54) is 5.69 Å². The highest BCUT2D eigenvalue weighted by Crippen LogP contribution is 2.24. The number of morpholine rings is 1. The van der Waals surface area contributed by atoms with E-state index >= 15 is 0 Å². The van der Waals surface area contributed by atoms with Crippen LogP contribution in [-0.2, 0) is 4.74 Å². The van der Waals surface area contributed by atoms with Crippen molar-refractivity contribution in [3.8, 4) is 0 Å².